The van der Waals surface area contributed by atoms with E-state index in [0.717, 1.165) is 88.2 Å². The number of carbonyl (C=O) groups excluding carboxylic acids is 1. The summed E-state index contributed by atoms with van der Waals surface area (Å²) in [6.07, 6.45) is 15.1. The number of nitrogens with two attached hydrogens (primary N) is 1. The van der Waals surface area contributed by atoms with Crippen LogP contribution in [0.3, 0.4) is 0 Å². The molecule has 0 bridgehead atoms. The molecule has 8 rings (SSSR count). The molecule has 1 amide bonds. The molecule has 0 spiro atoms. The van der Waals surface area contributed by atoms with Crippen LogP contribution in [0.15, 0.2) is 69.7 Å². The molecular formula is C47H68N8O8S2. The van der Waals surface area contributed by atoms with Crippen molar-refractivity contribution in [2.75, 3.05) is 24.6 Å². The number of hydrogen-bond acceptors (Lipinski definition) is 13. The zero-order valence-electron chi connectivity index (χ0n) is 38.2. The van der Waals surface area contributed by atoms with Gasteiger partial charge in [0.25, 0.3) is 5.89 Å². The Balaban J connectivity index is 0.000000198. The topological polar surface area (TPSA) is 217 Å². The standard InChI is InChI=1S/C26H38N4O5S.C21H30N4O3S/c1-26(2,3)34-25(31)27-22(20-14-8-5-9-15-20)24-28-23(29-35-24)21-16-10-11-17-30(21)36(32,33)18-19-12-6-4-7-13-19;22-19(17-11-5-2-6-12-17)21-23-20(24-28-21)18-13-7-8-14-25(18)29(26,27)15-16-9-3-1-4-10-16/h5,8-9,14-15,19,21-22H,4,6-7,10-13,16-18H2,1-3H3,(H,27,31);2,5-6,11-12,16,18-19H,1,3-4,7-10,13-15,22H2/t21-,22?;18-,19?/m00/s1. The lowest BCUT2D eigenvalue weighted by Gasteiger charge is -2.34. The Morgan fingerprint density at radius 3 is 1.57 bits per heavy atom. The number of benzene rings is 2. The van der Waals surface area contributed by atoms with Crippen molar-refractivity contribution in [3.63, 3.8) is 0 Å². The van der Waals surface area contributed by atoms with Gasteiger partial charge in [0.15, 0.2) is 11.6 Å². The maximum atomic E-state index is 13.4. The molecule has 2 saturated heterocycles. The Morgan fingerprint density at radius 1 is 0.662 bits per heavy atom. The predicted octanol–water partition coefficient (Wildman–Crippen LogP) is 8.68. The molecule has 0 radical (unpaired) electrons. The highest BCUT2D eigenvalue weighted by Crippen LogP contribution is 2.37. The van der Waals surface area contributed by atoms with Gasteiger partial charge in [-0.3, -0.25) is 0 Å². The summed E-state index contributed by atoms with van der Waals surface area (Å²) < 4.78 is 73.0. The summed E-state index contributed by atoms with van der Waals surface area (Å²) in [4.78, 5) is 21.7. The fourth-order valence-electron chi connectivity index (χ4n) is 9.66. The molecule has 2 aromatic carbocycles. The van der Waals surface area contributed by atoms with Crippen molar-refractivity contribution in [1.29, 1.82) is 0 Å². The second-order valence-corrected chi connectivity index (χ2v) is 23.1. The van der Waals surface area contributed by atoms with Gasteiger partial charge in [-0.05, 0) is 95.1 Å². The summed E-state index contributed by atoms with van der Waals surface area (Å²) in [6.45, 7) is 6.36. The average Bonchev–Trinajstić information content (AvgIpc) is 4.00. The number of sulfonamides is 2. The van der Waals surface area contributed by atoms with Gasteiger partial charge in [0.2, 0.25) is 25.9 Å². The Bertz CT molecular complexity index is 2330. The van der Waals surface area contributed by atoms with Crippen molar-refractivity contribution < 1.29 is 35.4 Å². The van der Waals surface area contributed by atoms with Crippen LogP contribution in [0.1, 0.15) is 182 Å². The molecule has 4 aromatic rings. The molecule has 16 nitrogen and oxygen atoms in total. The minimum atomic E-state index is -3.46. The number of amides is 1. The van der Waals surface area contributed by atoms with E-state index in [2.05, 4.69) is 25.6 Å². The van der Waals surface area contributed by atoms with E-state index < -0.39 is 49.9 Å². The van der Waals surface area contributed by atoms with E-state index in [4.69, 9.17) is 19.5 Å². The summed E-state index contributed by atoms with van der Waals surface area (Å²) in [5.41, 5.74) is 7.25. The van der Waals surface area contributed by atoms with Gasteiger partial charge in [-0.15, -0.1) is 0 Å². The van der Waals surface area contributed by atoms with Crippen LogP contribution in [-0.4, -0.2) is 82.0 Å². The maximum Gasteiger partial charge on any atom is 0.408 e. The van der Waals surface area contributed by atoms with Gasteiger partial charge in [0.1, 0.15) is 17.7 Å². The summed E-state index contributed by atoms with van der Waals surface area (Å²) in [5.74, 6) is 2.18. The number of alkyl carbamates (subject to hydrolysis) is 1. The molecule has 4 atom stereocenters. The highest BCUT2D eigenvalue weighted by molar-refractivity contribution is 7.89. The van der Waals surface area contributed by atoms with Crippen molar-refractivity contribution in [2.24, 2.45) is 17.6 Å². The van der Waals surface area contributed by atoms with Crippen LogP contribution in [0.4, 0.5) is 4.79 Å². The highest BCUT2D eigenvalue weighted by Gasteiger charge is 2.40. The van der Waals surface area contributed by atoms with Gasteiger partial charge >= 0.3 is 6.09 Å². The van der Waals surface area contributed by atoms with Gasteiger partial charge < -0.3 is 24.8 Å². The Labute approximate surface area is 384 Å². The first-order valence-electron chi connectivity index (χ1n) is 23.7. The zero-order valence-corrected chi connectivity index (χ0v) is 39.9. The zero-order chi connectivity index (χ0) is 46.0. The summed E-state index contributed by atoms with van der Waals surface area (Å²) >= 11 is 0. The number of carbonyl (C=O) groups is 1. The van der Waals surface area contributed by atoms with E-state index in [0.29, 0.717) is 43.5 Å². The van der Waals surface area contributed by atoms with Gasteiger partial charge in [-0.1, -0.05) is 122 Å². The average molecular weight is 937 g/mol. The summed E-state index contributed by atoms with van der Waals surface area (Å²) in [5, 5.41) is 11.1. The second-order valence-electron chi connectivity index (χ2n) is 19.2. The SMILES string of the molecule is CC(C)(C)OC(=O)NC(c1ccccc1)c1nc([C@@H]2CCCCN2S(=O)(=O)CC2CCCCC2)no1.NC(c1ccccc1)c1nc([C@@H]2CCCCN2S(=O)(=O)CC2CCCCC2)no1. The third kappa shape index (κ3) is 13.2. The Hall–Kier alpha value is -4.23. The van der Waals surface area contributed by atoms with Crippen LogP contribution in [0.2, 0.25) is 0 Å². The normalized spacial score (nSPS) is 22.0. The van der Waals surface area contributed by atoms with Crippen LogP contribution in [0, 0.1) is 11.8 Å². The second kappa shape index (κ2) is 22.0. The van der Waals surface area contributed by atoms with Crippen molar-refractivity contribution in [2.45, 2.75) is 153 Å². The minimum Gasteiger partial charge on any atom is -0.444 e. The van der Waals surface area contributed by atoms with Crippen LogP contribution < -0.4 is 11.1 Å². The van der Waals surface area contributed by atoms with E-state index in [1.807, 2.05) is 60.7 Å². The van der Waals surface area contributed by atoms with E-state index in [-0.39, 0.29) is 35.3 Å². The molecule has 356 valence electrons. The molecule has 2 aromatic heterocycles. The number of nitrogens with one attached hydrogen (secondary N) is 1. The van der Waals surface area contributed by atoms with Crippen molar-refractivity contribution in [3.05, 3.63) is 95.2 Å². The van der Waals surface area contributed by atoms with Gasteiger partial charge in [-0.2, -0.15) is 18.6 Å². The lowest BCUT2D eigenvalue weighted by molar-refractivity contribution is 0.0504. The summed E-state index contributed by atoms with van der Waals surface area (Å²) in [7, 11) is -6.82. The number of aromatic nitrogens is 4. The van der Waals surface area contributed by atoms with Crippen molar-refractivity contribution in [1.82, 2.24) is 34.2 Å². The number of nitrogens with zero attached hydrogens (tertiary/aromatic N) is 6. The van der Waals surface area contributed by atoms with Crippen LogP contribution in [0.5, 0.6) is 0 Å². The lowest BCUT2D eigenvalue weighted by atomic mass is 9.91. The van der Waals surface area contributed by atoms with Gasteiger partial charge in [0.05, 0.1) is 23.6 Å². The van der Waals surface area contributed by atoms with E-state index >= 15 is 0 Å². The smallest absolute Gasteiger partial charge is 0.408 e. The molecular weight excluding hydrogens is 869 g/mol. The highest BCUT2D eigenvalue weighted by atomic mass is 32.2. The van der Waals surface area contributed by atoms with E-state index in [1.165, 1.54) is 12.8 Å². The maximum absolute atomic E-state index is 13.4. The van der Waals surface area contributed by atoms with Crippen LogP contribution in [-0.2, 0) is 24.8 Å². The number of ether oxygens (including phenoxy) is 1. The molecule has 4 fully saturated rings. The number of rotatable bonds is 13. The Kier molecular flexibility index (Phi) is 16.5. The van der Waals surface area contributed by atoms with Crippen LogP contribution in [0.25, 0.3) is 0 Å². The van der Waals surface area contributed by atoms with Crippen molar-refractivity contribution >= 4 is 26.1 Å². The summed E-state index contributed by atoms with van der Waals surface area (Å²) in [6, 6.07) is 16.8. The molecule has 4 aliphatic rings. The van der Waals surface area contributed by atoms with Gasteiger partial charge in [-0.25, -0.2) is 21.6 Å². The number of piperidine rings is 2. The van der Waals surface area contributed by atoms with Crippen molar-refractivity contribution in [3.8, 4) is 0 Å². The van der Waals surface area contributed by atoms with Crippen LogP contribution >= 0.6 is 0 Å². The third-order valence-electron chi connectivity index (χ3n) is 12.9. The lowest BCUT2D eigenvalue weighted by Crippen LogP contribution is -2.41. The Morgan fingerprint density at radius 2 is 1.09 bits per heavy atom. The molecule has 65 heavy (non-hydrogen) atoms. The molecule has 2 unspecified atom stereocenters. The first-order chi connectivity index (χ1) is 31.2. The van der Waals surface area contributed by atoms with E-state index in [9.17, 15) is 21.6 Å². The van der Waals surface area contributed by atoms with E-state index in [1.54, 1.807) is 29.4 Å². The fraction of sp³-hybridized carbons (Fsp3) is 0.638. The molecule has 2 saturated carbocycles. The molecule has 3 N–H and O–H groups in total. The third-order valence-corrected chi connectivity index (χ3v) is 17.0. The van der Waals surface area contributed by atoms with Gasteiger partial charge in [0, 0.05) is 13.1 Å². The molecule has 2 aliphatic carbocycles. The molecule has 18 heteroatoms. The monoisotopic (exact) mass is 936 g/mol. The number of hydrogen-bond donors (Lipinski definition) is 2. The predicted molar refractivity (Wildman–Crippen MR) is 246 cm³/mol. The minimum absolute atomic E-state index is 0.182. The first-order valence-corrected chi connectivity index (χ1v) is 26.9. The molecule has 4 heterocycles. The molecule has 2 aliphatic heterocycles. The largest absolute Gasteiger partial charge is 0.444 e. The first kappa shape index (κ1) is 48.7. The quantitative estimate of drug-likeness (QED) is 0.128. The fourth-order valence-corrected chi connectivity index (χ4v) is 13.9.